The van der Waals surface area contributed by atoms with Crippen LogP contribution in [0.5, 0.6) is 0 Å². The molecule has 1 aromatic heterocycles. The zero-order valence-corrected chi connectivity index (χ0v) is 15.9. The van der Waals surface area contributed by atoms with Crippen LogP contribution in [0, 0.1) is 22.7 Å². The molecule has 0 N–H and O–H groups in total. The van der Waals surface area contributed by atoms with Gasteiger partial charge in [0.05, 0.1) is 14.6 Å². The van der Waals surface area contributed by atoms with Crippen LogP contribution >= 0.6 is 34.5 Å². The summed E-state index contributed by atoms with van der Waals surface area (Å²) in [5.74, 6) is 0. The zero-order chi connectivity index (χ0) is 18.6. The maximum atomic E-state index is 12.8. The summed E-state index contributed by atoms with van der Waals surface area (Å²) in [5.41, 5.74) is 0.257. The Hall–Kier alpha value is -2.09. The molecular formula is C17H14Cl2N4OS. The SMILES string of the molecule is CN(C)CCn1c(=C(C#N)C#N)s/c(=C/c2cccc(Cl)c2Cl)c1=O. The van der Waals surface area contributed by atoms with Gasteiger partial charge in [0, 0.05) is 13.1 Å². The molecule has 0 bridgehead atoms. The topological polar surface area (TPSA) is 72.8 Å². The van der Waals surface area contributed by atoms with E-state index in [0.29, 0.717) is 37.9 Å². The first-order valence-corrected chi connectivity index (χ1v) is 8.81. The summed E-state index contributed by atoms with van der Waals surface area (Å²) in [4.78, 5) is 14.7. The number of hydrogen-bond donors (Lipinski definition) is 0. The Kier molecular flexibility index (Phi) is 6.41. The predicted molar refractivity (Wildman–Crippen MR) is 101 cm³/mol. The number of benzene rings is 1. The molecule has 25 heavy (non-hydrogen) atoms. The molecule has 0 atom stereocenters. The van der Waals surface area contributed by atoms with Crippen LogP contribution in [0.3, 0.4) is 0 Å². The van der Waals surface area contributed by atoms with Crippen molar-refractivity contribution in [1.29, 1.82) is 10.5 Å². The first-order chi connectivity index (χ1) is 11.9. The van der Waals surface area contributed by atoms with E-state index in [4.69, 9.17) is 23.2 Å². The molecule has 0 saturated carbocycles. The van der Waals surface area contributed by atoms with Gasteiger partial charge in [-0.3, -0.25) is 9.36 Å². The average molecular weight is 393 g/mol. The Balaban J connectivity index is 2.76. The number of halogens is 2. The second-order valence-corrected chi connectivity index (χ2v) is 7.23. The van der Waals surface area contributed by atoms with Crippen molar-refractivity contribution in [2.45, 2.75) is 6.54 Å². The number of likely N-dealkylation sites (N-methyl/N-ethyl adjacent to an activating group) is 1. The lowest BCUT2D eigenvalue weighted by atomic mass is 10.2. The van der Waals surface area contributed by atoms with Crippen molar-refractivity contribution in [2.75, 3.05) is 20.6 Å². The third-order valence-electron chi connectivity index (χ3n) is 3.38. The fraction of sp³-hybridized carbons (Fsp3) is 0.235. The second kappa shape index (κ2) is 8.33. The second-order valence-electron chi connectivity index (χ2n) is 5.42. The van der Waals surface area contributed by atoms with E-state index in [-0.39, 0.29) is 11.1 Å². The van der Waals surface area contributed by atoms with Crippen LogP contribution in [0.2, 0.25) is 10.0 Å². The largest absolute Gasteiger partial charge is 0.308 e. The highest BCUT2D eigenvalue weighted by Gasteiger charge is 2.10. The van der Waals surface area contributed by atoms with Gasteiger partial charge in [-0.2, -0.15) is 10.5 Å². The zero-order valence-electron chi connectivity index (χ0n) is 13.6. The minimum atomic E-state index is -0.263. The lowest BCUT2D eigenvalue weighted by molar-refractivity contribution is 0.380. The summed E-state index contributed by atoms with van der Waals surface area (Å²) >= 11 is 13.3. The molecule has 5 nitrogen and oxygen atoms in total. The Morgan fingerprint density at radius 2 is 2.00 bits per heavy atom. The van der Waals surface area contributed by atoms with E-state index >= 15 is 0 Å². The third-order valence-corrected chi connectivity index (χ3v) is 5.35. The number of rotatable bonds is 4. The van der Waals surface area contributed by atoms with Gasteiger partial charge in [0.2, 0.25) is 0 Å². The van der Waals surface area contributed by atoms with Crippen LogP contribution in [0.25, 0.3) is 11.6 Å². The van der Waals surface area contributed by atoms with Gasteiger partial charge in [-0.25, -0.2) is 0 Å². The van der Waals surface area contributed by atoms with E-state index in [1.165, 1.54) is 4.57 Å². The summed E-state index contributed by atoms with van der Waals surface area (Å²) < 4.78 is 2.19. The molecule has 2 rings (SSSR count). The van der Waals surface area contributed by atoms with Crippen LogP contribution < -0.4 is 14.8 Å². The van der Waals surface area contributed by atoms with Gasteiger partial charge in [0.25, 0.3) is 5.56 Å². The molecule has 0 radical (unpaired) electrons. The average Bonchev–Trinajstić information content (AvgIpc) is 2.87. The summed E-state index contributed by atoms with van der Waals surface area (Å²) in [6.07, 6.45) is 1.63. The minimum Gasteiger partial charge on any atom is -0.308 e. The summed E-state index contributed by atoms with van der Waals surface area (Å²) in [5, 5.41) is 19.1. The third kappa shape index (κ3) is 4.31. The molecule has 0 aliphatic carbocycles. The first kappa shape index (κ1) is 19.2. The van der Waals surface area contributed by atoms with Crippen molar-refractivity contribution in [2.24, 2.45) is 0 Å². The van der Waals surface area contributed by atoms with Crippen molar-refractivity contribution >= 4 is 46.2 Å². The van der Waals surface area contributed by atoms with Crippen LogP contribution in [-0.2, 0) is 6.54 Å². The minimum absolute atomic E-state index is 0.0855. The van der Waals surface area contributed by atoms with Crippen LogP contribution in [0.4, 0.5) is 0 Å². The van der Waals surface area contributed by atoms with Crippen LogP contribution in [-0.4, -0.2) is 30.1 Å². The standard InChI is InChI=1S/C17H14Cl2N4OS/c1-22(2)6-7-23-16(24)14(25-17(23)12(9-20)10-21)8-11-4-3-5-13(18)15(11)19/h3-5,8H,6-7H2,1-2H3/b14-8+. The van der Waals surface area contributed by atoms with Gasteiger partial charge in [-0.1, -0.05) is 35.3 Å². The molecule has 0 aliphatic heterocycles. The fourth-order valence-corrected chi connectivity index (χ4v) is 3.53. The van der Waals surface area contributed by atoms with Crippen molar-refractivity contribution in [3.8, 4) is 12.1 Å². The van der Waals surface area contributed by atoms with Crippen molar-refractivity contribution in [3.05, 3.63) is 53.4 Å². The molecule has 8 heteroatoms. The van der Waals surface area contributed by atoms with Gasteiger partial charge in [0.15, 0.2) is 5.57 Å². The van der Waals surface area contributed by atoms with E-state index < -0.39 is 0 Å². The quantitative estimate of drug-likeness (QED) is 0.794. The lowest BCUT2D eigenvalue weighted by Gasteiger charge is -2.09. The summed E-state index contributed by atoms with van der Waals surface area (Å²) in [6, 6.07) is 8.85. The van der Waals surface area contributed by atoms with E-state index in [1.807, 2.05) is 31.1 Å². The molecule has 1 aromatic carbocycles. The Labute approximate surface area is 158 Å². The number of aromatic nitrogens is 1. The van der Waals surface area contributed by atoms with E-state index in [9.17, 15) is 15.3 Å². The first-order valence-electron chi connectivity index (χ1n) is 7.23. The Morgan fingerprint density at radius 1 is 1.32 bits per heavy atom. The molecular weight excluding hydrogens is 379 g/mol. The van der Waals surface area contributed by atoms with Gasteiger partial charge < -0.3 is 4.90 Å². The molecule has 0 aliphatic rings. The van der Waals surface area contributed by atoms with Crippen LogP contribution in [0.1, 0.15) is 5.56 Å². The van der Waals surface area contributed by atoms with Crippen molar-refractivity contribution in [3.63, 3.8) is 0 Å². The van der Waals surface area contributed by atoms with Gasteiger partial charge >= 0.3 is 0 Å². The van der Waals surface area contributed by atoms with E-state index in [0.717, 1.165) is 11.3 Å². The number of nitriles is 2. The predicted octanol–water partition coefficient (Wildman–Crippen LogP) is 1.80. The maximum absolute atomic E-state index is 12.8. The van der Waals surface area contributed by atoms with Gasteiger partial charge in [-0.15, -0.1) is 11.3 Å². The highest BCUT2D eigenvalue weighted by atomic mass is 35.5. The van der Waals surface area contributed by atoms with Gasteiger partial charge in [-0.05, 0) is 31.8 Å². The molecule has 0 unspecified atom stereocenters. The molecule has 0 amide bonds. The summed E-state index contributed by atoms with van der Waals surface area (Å²) in [6.45, 7) is 0.979. The monoisotopic (exact) mass is 392 g/mol. The number of hydrogen-bond acceptors (Lipinski definition) is 5. The smallest absolute Gasteiger partial charge is 0.269 e. The van der Waals surface area contributed by atoms with Crippen molar-refractivity contribution in [1.82, 2.24) is 9.47 Å². The Bertz CT molecular complexity index is 1040. The van der Waals surface area contributed by atoms with Gasteiger partial charge in [0.1, 0.15) is 16.8 Å². The normalized spacial score (nSPS) is 11.4. The molecule has 0 fully saturated rings. The molecule has 0 spiro atoms. The number of nitrogens with zero attached hydrogens (tertiary/aromatic N) is 4. The number of thiazole rings is 1. The lowest BCUT2D eigenvalue weighted by Crippen LogP contribution is -2.35. The van der Waals surface area contributed by atoms with E-state index in [1.54, 1.807) is 24.3 Å². The van der Waals surface area contributed by atoms with E-state index in [2.05, 4.69) is 0 Å². The maximum Gasteiger partial charge on any atom is 0.269 e. The molecule has 1 heterocycles. The Morgan fingerprint density at radius 3 is 2.60 bits per heavy atom. The molecule has 2 aromatic rings. The van der Waals surface area contributed by atoms with Crippen molar-refractivity contribution < 1.29 is 0 Å². The fourth-order valence-electron chi connectivity index (χ4n) is 2.10. The highest BCUT2D eigenvalue weighted by Crippen LogP contribution is 2.25. The highest BCUT2D eigenvalue weighted by molar-refractivity contribution is 7.07. The molecule has 128 valence electrons. The van der Waals surface area contributed by atoms with Crippen LogP contribution in [0.15, 0.2) is 23.0 Å². The summed E-state index contributed by atoms with van der Waals surface area (Å²) in [7, 11) is 3.77. The molecule has 0 saturated heterocycles.